The molecule has 0 fully saturated rings. The van der Waals surface area contributed by atoms with E-state index < -0.39 is 0 Å². The quantitative estimate of drug-likeness (QED) is 0.559. The Balaban J connectivity index is 2.69. The maximum atomic E-state index is 11.8. The number of allylic oxidation sites excluding steroid dienone is 2. The van der Waals surface area contributed by atoms with Crippen LogP contribution in [0.3, 0.4) is 0 Å². The van der Waals surface area contributed by atoms with Crippen molar-refractivity contribution >= 4 is 5.78 Å². The zero-order chi connectivity index (χ0) is 11.3. The van der Waals surface area contributed by atoms with Crippen molar-refractivity contribution < 1.29 is 4.79 Å². The summed E-state index contributed by atoms with van der Waals surface area (Å²) in [5.74, 6) is 0.553. The lowest BCUT2D eigenvalue weighted by Crippen LogP contribution is -2.12. The summed E-state index contributed by atoms with van der Waals surface area (Å²) in [5, 5.41) is 0. The van der Waals surface area contributed by atoms with Crippen molar-refractivity contribution in [1.29, 1.82) is 0 Å². The van der Waals surface area contributed by atoms with Crippen molar-refractivity contribution in [3.8, 4) is 0 Å². The number of nitrogens with zero attached hydrogens (tertiary/aromatic N) is 2. The van der Waals surface area contributed by atoms with Crippen LogP contribution in [-0.4, -0.2) is 15.8 Å². The summed E-state index contributed by atoms with van der Waals surface area (Å²) in [6.07, 6.45) is 7.09. The van der Waals surface area contributed by atoms with Gasteiger partial charge in [-0.2, -0.15) is 0 Å². The number of hydrogen-bond acceptors (Lipinski definition) is 3. The van der Waals surface area contributed by atoms with E-state index in [1.165, 1.54) is 0 Å². The summed E-state index contributed by atoms with van der Waals surface area (Å²) in [7, 11) is 0. The Morgan fingerprint density at radius 2 is 1.80 bits per heavy atom. The lowest BCUT2D eigenvalue weighted by atomic mass is 10.0. The first-order chi connectivity index (χ1) is 7.11. The Hall–Kier alpha value is -1.51. The van der Waals surface area contributed by atoms with Gasteiger partial charge in [-0.15, -0.1) is 0 Å². The Morgan fingerprint density at radius 3 is 2.33 bits per heavy atom. The van der Waals surface area contributed by atoms with Gasteiger partial charge in [0.25, 0.3) is 0 Å². The Labute approximate surface area is 90.3 Å². The smallest absolute Gasteiger partial charge is 0.206 e. The fourth-order valence-corrected chi connectivity index (χ4v) is 1.11. The third-order valence-electron chi connectivity index (χ3n) is 1.98. The van der Waals surface area contributed by atoms with Crippen LogP contribution in [0.15, 0.2) is 30.6 Å². The van der Waals surface area contributed by atoms with E-state index in [0.717, 1.165) is 0 Å². The van der Waals surface area contributed by atoms with Crippen LogP contribution in [0, 0.1) is 11.8 Å². The zero-order valence-electron chi connectivity index (χ0n) is 9.34. The van der Waals surface area contributed by atoms with Gasteiger partial charge in [-0.25, -0.2) is 9.97 Å². The first kappa shape index (κ1) is 11.6. The molecular weight excluding hydrogens is 188 g/mol. The summed E-state index contributed by atoms with van der Waals surface area (Å²) < 4.78 is 0. The van der Waals surface area contributed by atoms with Crippen molar-refractivity contribution in [2.45, 2.75) is 20.8 Å². The van der Waals surface area contributed by atoms with E-state index in [1.54, 1.807) is 18.5 Å². The highest BCUT2D eigenvalue weighted by molar-refractivity contribution is 5.95. The number of carbonyl (C=O) groups excluding carboxylic acids is 1. The van der Waals surface area contributed by atoms with Crippen LogP contribution in [0.5, 0.6) is 0 Å². The molecule has 1 atom stereocenters. The van der Waals surface area contributed by atoms with Gasteiger partial charge in [0.2, 0.25) is 5.78 Å². The normalized spacial score (nSPS) is 13.3. The van der Waals surface area contributed by atoms with Crippen LogP contribution in [-0.2, 0) is 0 Å². The number of rotatable bonds is 4. The van der Waals surface area contributed by atoms with Gasteiger partial charge in [0.1, 0.15) is 0 Å². The Bertz CT molecular complexity index is 344. The molecule has 0 aliphatic heterocycles. The lowest BCUT2D eigenvalue weighted by molar-refractivity contribution is 0.0942. The molecule has 0 unspecified atom stereocenters. The molecule has 0 bridgehead atoms. The minimum atomic E-state index is -0.158. The van der Waals surface area contributed by atoms with Crippen molar-refractivity contribution in [1.82, 2.24) is 9.97 Å². The van der Waals surface area contributed by atoms with Crippen LogP contribution in [0.1, 0.15) is 31.4 Å². The molecular formula is C12H16N2O. The number of Topliss-reactive ketones (excluding diaryl/α,β-unsaturated/α-hetero) is 1. The molecule has 15 heavy (non-hydrogen) atoms. The summed E-state index contributed by atoms with van der Waals surface area (Å²) >= 11 is 0. The van der Waals surface area contributed by atoms with Crippen molar-refractivity contribution in [3.63, 3.8) is 0 Å². The molecule has 0 radical (unpaired) electrons. The van der Waals surface area contributed by atoms with E-state index >= 15 is 0 Å². The largest absolute Gasteiger partial charge is 0.290 e. The molecule has 3 heteroatoms. The third kappa shape index (κ3) is 3.62. The van der Waals surface area contributed by atoms with Crippen molar-refractivity contribution in [2.24, 2.45) is 11.8 Å². The van der Waals surface area contributed by atoms with E-state index in [9.17, 15) is 4.79 Å². The second kappa shape index (κ2) is 5.39. The molecule has 1 heterocycles. The Morgan fingerprint density at radius 1 is 1.20 bits per heavy atom. The average Bonchev–Trinajstić information content (AvgIpc) is 2.26. The van der Waals surface area contributed by atoms with Gasteiger partial charge in [-0.1, -0.05) is 32.9 Å². The van der Waals surface area contributed by atoms with Crippen LogP contribution in [0.2, 0.25) is 0 Å². The summed E-state index contributed by atoms with van der Waals surface area (Å²) in [6, 6.07) is 1.70. The first-order valence-electron chi connectivity index (χ1n) is 5.11. The van der Waals surface area contributed by atoms with Gasteiger partial charge in [-0.3, -0.25) is 4.79 Å². The van der Waals surface area contributed by atoms with Crippen LogP contribution in [0.4, 0.5) is 0 Å². The molecule has 1 rings (SSSR count). The van der Waals surface area contributed by atoms with Crippen LogP contribution >= 0.6 is 0 Å². The molecule has 0 aromatic carbocycles. The molecule has 0 aliphatic carbocycles. The monoisotopic (exact) mass is 204 g/mol. The molecule has 0 saturated carbocycles. The molecule has 3 nitrogen and oxygen atoms in total. The number of ketones is 1. The molecule has 1 aromatic heterocycles. The topological polar surface area (TPSA) is 42.9 Å². The second-order valence-corrected chi connectivity index (χ2v) is 3.85. The van der Waals surface area contributed by atoms with Crippen molar-refractivity contribution in [2.75, 3.05) is 0 Å². The zero-order valence-corrected chi connectivity index (χ0v) is 9.34. The summed E-state index contributed by atoms with van der Waals surface area (Å²) in [6.45, 7) is 6.01. The standard InChI is InChI=1S/C12H16N2O/c1-9(2)5-6-10(3)11(15)12-13-7-4-8-14-12/h4-10H,1-3H3/b6-5+/t10-/m0/s1. The lowest BCUT2D eigenvalue weighted by Gasteiger charge is -2.04. The SMILES string of the molecule is CC(C)/C=C/[C@H](C)C(=O)c1ncccn1. The van der Waals surface area contributed by atoms with Crippen LogP contribution in [0.25, 0.3) is 0 Å². The average molecular weight is 204 g/mol. The van der Waals surface area contributed by atoms with Gasteiger partial charge in [0.15, 0.2) is 5.82 Å². The van der Waals surface area contributed by atoms with Gasteiger partial charge >= 0.3 is 0 Å². The fraction of sp³-hybridized carbons (Fsp3) is 0.417. The van der Waals surface area contributed by atoms with Gasteiger partial charge < -0.3 is 0 Å². The van der Waals surface area contributed by atoms with E-state index in [-0.39, 0.29) is 11.7 Å². The second-order valence-electron chi connectivity index (χ2n) is 3.85. The number of hydrogen-bond donors (Lipinski definition) is 0. The van der Waals surface area contributed by atoms with Crippen molar-refractivity contribution in [3.05, 3.63) is 36.4 Å². The maximum Gasteiger partial charge on any atom is 0.206 e. The van der Waals surface area contributed by atoms with Crippen LogP contribution < -0.4 is 0 Å². The Kier molecular flexibility index (Phi) is 4.16. The predicted molar refractivity (Wildman–Crippen MR) is 59.5 cm³/mol. The number of carbonyl (C=O) groups is 1. The summed E-state index contributed by atoms with van der Waals surface area (Å²) in [4.78, 5) is 19.6. The highest BCUT2D eigenvalue weighted by atomic mass is 16.1. The molecule has 0 N–H and O–H groups in total. The van der Waals surface area contributed by atoms with Gasteiger partial charge in [-0.05, 0) is 12.0 Å². The molecule has 0 amide bonds. The summed E-state index contributed by atoms with van der Waals surface area (Å²) in [5.41, 5.74) is 0. The molecule has 0 spiro atoms. The fourth-order valence-electron chi connectivity index (χ4n) is 1.11. The van der Waals surface area contributed by atoms with E-state index in [2.05, 4.69) is 23.8 Å². The van der Waals surface area contributed by atoms with E-state index in [0.29, 0.717) is 11.7 Å². The third-order valence-corrected chi connectivity index (χ3v) is 1.98. The highest BCUT2D eigenvalue weighted by Gasteiger charge is 2.14. The van der Waals surface area contributed by atoms with Gasteiger partial charge in [0, 0.05) is 18.3 Å². The minimum absolute atomic E-state index is 0.0347. The minimum Gasteiger partial charge on any atom is -0.290 e. The maximum absolute atomic E-state index is 11.8. The highest BCUT2D eigenvalue weighted by Crippen LogP contribution is 2.07. The predicted octanol–water partition coefficient (Wildman–Crippen LogP) is 2.51. The molecule has 80 valence electrons. The molecule has 0 saturated heterocycles. The van der Waals surface area contributed by atoms with E-state index in [1.807, 2.05) is 19.1 Å². The number of aromatic nitrogens is 2. The molecule has 1 aromatic rings. The van der Waals surface area contributed by atoms with E-state index in [4.69, 9.17) is 0 Å². The first-order valence-corrected chi connectivity index (χ1v) is 5.11. The molecule has 0 aliphatic rings. The van der Waals surface area contributed by atoms with Gasteiger partial charge in [0.05, 0.1) is 0 Å².